The maximum Gasteiger partial charge on any atom is 0.328 e. The highest BCUT2D eigenvalue weighted by Crippen LogP contribution is 2.24. The Balaban J connectivity index is 2.20. The van der Waals surface area contributed by atoms with Gasteiger partial charge in [-0.25, -0.2) is 4.79 Å². The number of methoxy groups -OCH3 is 1. The van der Waals surface area contributed by atoms with Crippen molar-refractivity contribution in [3.8, 4) is 0 Å². The predicted octanol–water partition coefficient (Wildman–Crippen LogP) is 2.22. The molecule has 16 heavy (non-hydrogen) atoms. The van der Waals surface area contributed by atoms with Crippen molar-refractivity contribution in [1.29, 1.82) is 0 Å². The molecule has 1 heterocycles. The first-order valence-electron chi connectivity index (χ1n) is 5.72. The second-order valence-electron chi connectivity index (χ2n) is 4.06. The highest BCUT2D eigenvalue weighted by molar-refractivity contribution is 5.80. The fourth-order valence-corrected chi connectivity index (χ4v) is 2.24. The lowest BCUT2D eigenvalue weighted by Crippen LogP contribution is -2.45. The first-order chi connectivity index (χ1) is 7.83. The average Bonchev–Trinajstić information content (AvgIpc) is 2.39. The van der Waals surface area contributed by atoms with Crippen molar-refractivity contribution in [1.82, 2.24) is 0 Å². The molecule has 2 rings (SSSR count). The Bertz CT molecular complexity index is 350. The van der Waals surface area contributed by atoms with Gasteiger partial charge in [0.25, 0.3) is 0 Å². The molecule has 3 heteroatoms. The van der Waals surface area contributed by atoms with Gasteiger partial charge < -0.3 is 9.64 Å². The monoisotopic (exact) mass is 219 g/mol. The molecular weight excluding hydrogens is 202 g/mol. The molecule has 1 aromatic carbocycles. The van der Waals surface area contributed by atoms with Crippen LogP contribution >= 0.6 is 0 Å². The van der Waals surface area contributed by atoms with E-state index in [1.54, 1.807) is 0 Å². The van der Waals surface area contributed by atoms with Crippen molar-refractivity contribution in [2.24, 2.45) is 0 Å². The second-order valence-corrected chi connectivity index (χ2v) is 4.06. The van der Waals surface area contributed by atoms with E-state index < -0.39 is 0 Å². The Hall–Kier alpha value is -1.51. The Kier molecular flexibility index (Phi) is 3.44. The van der Waals surface area contributed by atoms with Crippen molar-refractivity contribution >= 4 is 11.7 Å². The van der Waals surface area contributed by atoms with Crippen LogP contribution in [-0.2, 0) is 9.53 Å². The molecule has 0 aliphatic carbocycles. The largest absolute Gasteiger partial charge is 0.467 e. The maximum absolute atomic E-state index is 11.7. The number of carbonyl (C=O) groups is 1. The molecule has 1 fully saturated rings. The van der Waals surface area contributed by atoms with E-state index in [0.717, 1.165) is 31.5 Å². The first-order valence-corrected chi connectivity index (χ1v) is 5.72. The van der Waals surface area contributed by atoms with E-state index in [4.69, 9.17) is 4.74 Å². The number of benzene rings is 1. The Morgan fingerprint density at radius 2 is 2.06 bits per heavy atom. The van der Waals surface area contributed by atoms with Crippen LogP contribution in [-0.4, -0.2) is 25.7 Å². The van der Waals surface area contributed by atoms with Crippen LogP contribution in [0.1, 0.15) is 19.3 Å². The van der Waals surface area contributed by atoms with Crippen molar-refractivity contribution in [2.45, 2.75) is 25.3 Å². The van der Waals surface area contributed by atoms with E-state index in [0.29, 0.717) is 0 Å². The van der Waals surface area contributed by atoms with E-state index in [1.165, 1.54) is 7.11 Å². The highest BCUT2D eigenvalue weighted by Gasteiger charge is 2.29. The normalized spacial score (nSPS) is 20.6. The fourth-order valence-electron chi connectivity index (χ4n) is 2.24. The van der Waals surface area contributed by atoms with Gasteiger partial charge in [-0.05, 0) is 31.4 Å². The Labute approximate surface area is 96.0 Å². The van der Waals surface area contributed by atoms with Crippen molar-refractivity contribution in [3.05, 3.63) is 30.3 Å². The van der Waals surface area contributed by atoms with Gasteiger partial charge in [0.1, 0.15) is 6.04 Å². The molecule has 0 aromatic heterocycles. The van der Waals surface area contributed by atoms with E-state index in [-0.39, 0.29) is 12.0 Å². The van der Waals surface area contributed by atoms with Crippen LogP contribution in [0.2, 0.25) is 0 Å². The number of anilines is 1. The number of ether oxygens (including phenoxy) is 1. The predicted molar refractivity (Wildman–Crippen MR) is 63.4 cm³/mol. The summed E-state index contributed by atoms with van der Waals surface area (Å²) in [7, 11) is 1.46. The maximum atomic E-state index is 11.7. The minimum Gasteiger partial charge on any atom is -0.467 e. The van der Waals surface area contributed by atoms with Gasteiger partial charge in [-0.15, -0.1) is 0 Å². The number of hydrogen-bond acceptors (Lipinski definition) is 3. The average molecular weight is 219 g/mol. The lowest BCUT2D eigenvalue weighted by molar-refractivity contribution is -0.142. The molecule has 86 valence electrons. The zero-order valence-electron chi connectivity index (χ0n) is 9.56. The van der Waals surface area contributed by atoms with E-state index in [9.17, 15) is 4.79 Å². The first kappa shape index (κ1) is 11.0. The minimum absolute atomic E-state index is 0.110. The molecule has 0 N–H and O–H groups in total. The van der Waals surface area contributed by atoms with Gasteiger partial charge in [0, 0.05) is 12.2 Å². The summed E-state index contributed by atoms with van der Waals surface area (Å²) >= 11 is 0. The molecule has 1 aliphatic rings. The standard InChI is InChI=1S/C13H17NO2/c1-16-13(15)12-9-5-6-10-14(12)11-7-3-2-4-8-11/h2-4,7-8,12H,5-6,9-10H2,1H3. The molecule has 0 radical (unpaired) electrons. The molecule has 1 unspecified atom stereocenters. The molecule has 0 amide bonds. The van der Waals surface area contributed by atoms with E-state index >= 15 is 0 Å². The summed E-state index contributed by atoms with van der Waals surface area (Å²) in [6.07, 6.45) is 3.13. The van der Waals surface area contributed by atoms with E-state index in [1.807, 2.05) is 30.3 Å². The zero-order valence-corrected chi connectivity index (χ0v) is 9.56. The van der Waals surface area contributed by atoms with Gasteiger partial charge in [-0.3, -0.25) is 0 Å². The van der Waals surface area contributed by atoms with Crippen molar-refractivity contribution in [3.63, 3.8) is 0 Å². The van der Waals surface area contributed by atoms with Gasteiger partial charge in [-0.2, -0.15) is 0 Å². The smallest absolute Gasteiger partial charge is 0.328 e. The minimum atomic E-state index is -0.122. The number of piperidine rings is 1. The number of rotatable bonds is 2. The summed E-state index contributed by atoms with van der Waals surface area (Å²) in [5.74, 6) is -0.122. The van der Waals surface area contributed by atoms with Crippen LogP contribution < -0.4 is 4.90 Å². The van der Waals surface area contributed by atoms with Crippen molar-refractivity contribution in [2.75, 3.05) is 18.6 Å². The number of para-hydroxylation sites is 1. The third kappa shape index (κ3) is 2.18. The number of hydrogen-bond donors (Lipinski definition) is 0. The van der Waals surface area contributed by atoms with Crippen LogP contribution in [0, 0.1) is 0 Å². The van der Waals surface area contributed by atoms with Gasteiger partial charge in [0.2, 0.25) is 0 Å². The molecule has 3 nitrogen and oxygen atoms in total. The molecule has 0 bridgehead atoms. The topological polar surface area (TPSA) is 29.5 Å². The summed E-state index contributed by atoms with van der Waals surface area (Å²) in [6, 6.07) is 9.96. The van der Waals surface area contributed by atoms with Crippen LogP contribution in [0.3, 0.4) is 0 Å². The quantitative estimate of drug-likeness (QED) is 0.714. The van der Waals surface area contributed by atoms with Gasteiger partial charge >= 0.3 is 5.97 Å². The summed E-state index contributed by atoms with van der Waals surface area (Å²) in [6.45, 7) is 0.934. The molecular formula is C13H17NO2. The summed E-state index contributed by atoms with van der Waals surface area (Å²) in [5, 5.41) is 0. The summed E-state index contributed by atoms with van der Waals surface area (Å²) in [4.78, 5) is 13.8. The number of esters is 1. The lowest BCUT2D eigenvalue weighted by Gasteiger charge is -2.35. The molecule has 0 spiro atoms. The molecule has 1 aliphatic heterocycles. The molecule has 1 saturated heterocycles. The highest BCUT2D eigenvalue weighted by atomic mass is 16.5. The SMILES string of the molecule is COC(=O)C1CCCCN1c1ccccc1. The fraction of sp³-hybridized carbons (Fsp3) is 0.462. The summed E-state index contributed by atoms with van der Waals surface area (Å²) in [5.41, 5.74) is 1.11. The Morgan fingerprint density at radius 1 is 1.31 bits per heavy atom. The van der Waals surface area contributed by atoms with Gasteiger partial charge in [-0.1, -0.05) is 18.2 Å². The van der Waals surface area contributed by atoms with Crippen LogP contribution in [0.15, 0.2) is 30.3 Å². The van der Waals surface area contributed by atoms with Crippen molar-refractivity contribution < 1.29 is 9.53 Å². The molecule has 1 atom stereocenters. The van der Waals surface area contributed by atoms with Crippen LogP contribution in [0.25, 0.3) is 0 Å². The molecule has 1 aromatic rings. The second kappa shape index (κ2) is 5.01. The number of carbonyl (C=O) groups excluding carboxylic acids is 1. The zero-order chi connectivity index (χ0) is 11.4. The molecule has 0 saturated carbocycles. The third-order valence-corrected chi connectivity index (χ3v) is 3.06. The van der Waals surface area contributed by atoms with E-state index in [2.05, 4.69) is 4.90 Å². The summed E-state index contributed by atoms with van der Waals surface area (Å²) < 4.78 is 4.86. The Morgan fingerprint density at radius 3 is 2.75 bits per heavy atom. The van der Waals surface area contributed by atoms with Gasteiger partial charge in [0.05, 0.1) is 7.11 Å². The third-order valence-electron chi connectivity index (χ3n) is 3.06. The van der Waals surface area contributed by atoms with Crippen LogP contribution in [0.5, 0.6) is 0 Å². The number of nitrogens with zero attached hydrogens (tertiary/aromatic N) is 1. The lowest BCUT2D eigenvalue weighted by atomic mass is 10.0. The van der Waals surface area contributed by atoms with Gasteiger partial charge in [0.15, 0.2) is 0 Å². The van der Waals surface area contributed by atoms with Crippen LogP contribution in [0.4, 0.5) is 5.69 Å².